The summed E-state index contributed by atoms with van der Waals surface area (Å²) in [7, 11) is 0. The summed E-state index contributed by atoms with van der Waals surface area (Å²) < 4.78 is 4.90. The van der Waals surface area contributed by atoms with Crippen LogP contribution in [0.25, 0.3) is 0 Å². The molecule has 0 radical (unpaired) electrons. The molecule has 0 aromatic heterocycles. The van der Waals surface area contributed by atoms with Crippen molar-refractivity contribution in [3.05, 3.63) is 35.4 Å². The van der Waals surface area contributed by atoms with E-state index in [0.29, 0.717) is 13.0 Å². The lowest BCUT2D eigenvalue weighted by atomic mass is 9.97. The number of hydrogen-bond donors (Lipinski definition) is 1. The standard InChI is InChI=1S/C13H18O3/c1-3-16-13(15)8-10(2)12-6-4-11(9-14)5-7-12/h4-7,10,14H,3,8-9H2,1-2H3/t10-/m1/s1. The summed E-state index contributed by atoms with van der Waals surface area (Å²) in [6.07, 6.45) is 0.395. The van der Waals surface area contributed by atoms with Crippen LogP contribution in [0, 0.1) is 0 Å². The zero-order chi connectivity index (χ0) is 12.0. The van der Waals surface area contributed by atoms with Gasteiger partial charge in [0.25, 0.3) is 0 Å². The zero-order valence-electron chi connectivity index (χ0n) is 9.77. The first-order valence-electron chi connectivity index (χ1n) is 5.52. The first kappa shape index (κ1) is 12.7. The highest BCUT2D eigenvalue weighted by Gasteiger charge is 2.11. The summed E-state index contributed by atoms with van der Waals surface area (Å²) in [5.74, 6) is -0.0203. The summed E-state index contributed by atoms with van der Waals surface area (Å²) in [4.78, 5) is 11.3. The van der Waals surface area contributed by atoms with Crippen LogP contribution in [0.15, 0.2) is 24.3 Å². The van der Waals surface area contributed by atoms with Gasteiger partial charge in [0, 0.05) is 0 Å². The molecule has 1 atom stereocenters. The minimum atomic E-state index is -0.166. The SMILES string of the molecule is CCOC(=O)C[C@@H](C)c1ccc(CO)cc1. The molecule has 0 aliphatic carbocycles. The summed E-state index contributed by atoms with van der Waals surface area (Å²) >= 11 is 0. The molecule has 0 spiro atoms. The lowest BCUT2D eigenvalue weighted by molar-refractivity contribution is -0.143. The van der Waals surface area contributed by atoms with E-state index in [-0.39, 0.29) is 18.5 Å². The Balaban J connectivity index is 2.58. The molecule has 3 heteroatoms. The summed E-state index contributed by atoms with van der Waals surface area (Å²) in [5, 5.41) is 8.91. The van der Waals surface area contributed by atoms with Gasteiger partial charge < -0.3 is 9.84 Å². The third kappa shape index (κ3) is 3.66. The molecule has 0 saturated heterocycles. The predicted octanol–water partition coefficient (Wildman–Crippen LogP) is 2.24. The molecule has 3 nitrogen and oxygen atoms in total. The van der Waals surface area contributed by atoms with Crippen LogP contribution >= 0.6 is 0 Å². The number of carbonyl (C=O) groups is 1. The largest absolute Gasteiger partial charge is 0.466 e. The van der Waals surface area contributed by atoms with E-state index in [1.165, 1.54) is 0 Å². The highest BCUT2D eigenvalue weighted by molar-refractivity contribution is 5.70. The van der Waals surface area contributed by atoms with E-state index >= 15 is 0 Å². The molecule has 0 saturated carbocycles. The zero-order valence-corrected chi connectivity index (χ0v) is 9.77. The average molecular weight is 222 g/mol. The monoisotopic (exact) mass is 222 g/mol. The van der Waals surface area contributed by atoms with E-state index in [1.807, 2.05) is 31.2 Å². The Hall–Kier alpha value is -1.35. The van der Waals surface area contributed by atoms with Gasteiger partial charge in [0.2, 0.25) is 0 Å². The van der Waals surface area contributed by atoms with Gasteiger partial charge in [-0.15, -0.1) is 0 Å². The Kier molecular flexibility index (Phi) is 4.99. The average Bonchev–Trinajstić information content (AvgIpc) is 2.29. The van der Waals surface area contributed by atoms with Gasteiger partial charge in [0.15, 0.2) is 0 Å². The fraction of sp³-hybridized carbons (Fsp3) is 0.462. The first-order chi connectivity index (χ1) is 7.67. The van der Waals surface area contributed by atoms with Crippen molar-refractivity contribution in [2.24, 2.45) is 0 Å². The van der Waals surface area contributed by atoms with Crippen LogP contribution in [-0.4, -0.2) is 17.7 Å². The van der Waals surface area contributed by atoms with Gasteiger partial charge in [-0.2, -0.15) is 0 Å². The quantitative estimate of drug-likeness (QED) is 0.777. The van der Waals surface area contributed by atoms with Crippen molar-refractivity contribution in [3.63, 3.8) is 0 Å². The Bertz CT molecular complexity index is 330. The molecule has 1 N–H and O–H groups in total. The third-order valence-electron chi connectivity index (χ3n) is 2.51. The van der Waals surface area contributed by atoms with Crippen LogP contribution in [-0.2, 0) is 16.1 Å². The van der Waals surface area contributed by atoms with Gasteiger partial charge in [-0.3, -0.25) is 4.79 Å². The molecule has 1 aromatic carbocycles. The summed E-state index contributed by atoms with van der Waals surface area (Å²) in [6.45, 7) is 4.27. The van der Waals surface area contributed by atoms with Crippen LogP contribution in [0.3, 0.4) is 0 Å². The van der Waals surface area contributed by atoms with Crippen LogP contribution < -0.4 is 0 Å². The second-order valence-electron chi connectivity index (χ2n) is 3.81. The first-order valence-corrected chi connectivity index (χ1v) is 5.52. The maximum atomic E-state index is 11.3. The number of benzene rings is 1. The van der Waals surface area contributed by atoms with Crippen molar-refractivity contribution >= 4 is 5.97 Å². The van der Waals surface area contributed by atoms with Crippen molar-refractivity contribution in [2.45, 2.75) is 32.8 Å². The second-order valence-corrected chi connectivity index (χ2v) is 3.81. The molecule has 0 bridgehead atoms. The fourth-order valence-electron chi connectivity index (χ4n) is 1.54. The minimum absolute atomic E-state index is 0.0482. The number of carbonyl (C=O) groups excluding carboxylic acids is 1. The number of aliphatic hydroxyl groups is 1. The molecule has 16 heavy (non-hydrogen) atoms. The molecule has 0 aliphatic rings. The molecule has 0 fully saturated rings. The van der Waals surface area contributed by atoms with E-state index in [2.05, 4.69) is 0 Å². The lowest BCUT2D eigenvalue weighted by Gasteiger charge is -2.11. The highest BCUT2D eigenvalue weighted by Crippen LogP contribution is 2.19. The second kappa shape index (κ2) is 6.28. The van der Waals surface area contributed by atoms with Crippen molar-refractivity contribution in [3.8, 4) is 0 Å². The van der Waals surface area contributed by atoms with Gasteiger partial charge >= 0.3 is 5.97 Å². The van der Waals surface area contributed by atoms with Crippen molar-refractivity contribution in [1.82, 2.24) is 0 Å². The molecule has 0 amide bonds. The third-order valence-corrected chi connectivity index (χ3v) is 2.51. The number of hydrogen-bond acceptors (Lipinski definition) is 3. The van der Waals surface area contributed by atoms with Gasteiger partial charge in [-0.05, 0) is 24.0 Å². The topological polar surface area (TPSA) is 46.5 Å². The van der Waals surface area contributed by atoms with E-state index in [0.717, 1.165) is 11.1 Å². The van der Waals surface area contributed by atoms with Gasteiger partial charge in [0.1, 0.15) is 0 Å². The van der Waals surface area contributed by atoms with Crippen molar-refractivity contribution in [2.75, 3.05) is 6.61 Å². The number of esters is 1. The molecular weight excluding hydrogens is 204 g/mol. The Morgan fingerprint density at radius 1 is 1.38 bits per heavy atom. The predicted molar refractivity (Wildman–Crippen MR) is 62.0 cm³/mol. The molecule has 88 valence electrons. The van der Waals surface area contributed by atoms with Gasteiger partial charge in [-0.25, -0.2) is 0 Å². The number of aliphatic hydroxyl groups excluding tert-OH is 1. The maximum absolute atomic E-state index is 11.3. The summed E-state index contributed by atoms with van der Waals surface area (Å²) in [6, 6.07) is 7.62. The number of rotatable bonds is 5. The Morgan fingerprint density at radius 2 is 2.00 bits per heavy atom. The van der Waals surface area contributed by atoms with Crippen LogP contribution in [0.5, 0.6) is 0 Å². The smallest absolute Gasteiger partial charge is 0.306 e. The Morgan fingerprint density at radius 3 is 2.50 bits per heavy atom. The lowest BCUT2D eigenvalue weighted by Crippen LogP contribution is -2.08. The van der Waals surface area contributed by atoms with Crippen molar-refractivity contribution in [1.29, 1.82) is 0 Å². The molecule has 0 heterocycles. The normalized spacial score (nSPS) is 12.2. The molecule has 1 aromatic rings. The molecular formula is C13H18O3. The van der Waals surface area contributed by atoms with E-state index in [4.69, 9.17) is 9.84 Å². The van der Waals surface area contributed by atoms with Crippen LogP contribution in [0.2, 0.25) is 0 Å². The maximum Gasteiger partial charge on any atom is 0.306 e. The van der Waals surface area contributed by atoms with E-state index in [9.17, 15) is 4.79 Å². The number of ether oxygens (including phenoxy) is 1. The van der Waals surface area contributed by atoms with E-state index < -0.39 is 0 Å². The highest BCUT2D eigenvalue weighted by atomic mass is 16.5. The van der Waals surface area contributed by atoms with Crippen LogP contribution in [0.1, 0.15) is 37.3 Å². The van der Waals surface area contributed by atoms with E-state index in [1.54, 1.807) is 6.92 Å². The van der Waals surface area contributed by atoms with Gasteiger partial charge in [-0.1, -0.05) is 31.2 Å². The minimum Gasteiger partial charge on any atom is -0.466 e. The molecule has 0 aliphatic heterocycles. The van der Waals surface area contributed by atoms with Crippen LogP contribution in [0.4, 0.5) is 0 Å². The van der Waals surface area contributed by atoms with Gasteiger partial charge in [0.05, 0.1) is 19.6 Å². The Labute approximate surface area is 96.1 Å². The molecule has 1 rings (SSSR count). The summed E-state index contributed by atoms with van der Waals surface area (Å²) in [5.41, 5.74) is 1.97. The van der Waals surface area contributed by atoms with Crippen molar-refractivity contribution < 1.29 is 14.6 Å². The fourth-order valence-corrected chi connectivity index (χ4v) is 1.54. The molecule has 0 unspecified atom stereocenters.